The average molecular weight is 440 g/mol. The normalized spacial score (nSPS) is 20.4. The molecule has 10 heteroatoms. The summed E-state index contributed by atoms with van der Waals surface area (Å²) in [6, 6.07) is 5.96. The van der Waals surface area contributed by atoms with Gasteiger partial charge in [0.25, 0.3) is 0 Å². The van der Waals surface area contributed by atoms with Crippen LogP contribution < -0.4 is 10.6 Å². The van der Waals surface area contributed by atoms with Crippen molar-refractivity contribution in [1.82, 2.24) is 34.9 Å². The van der Waals surface area contributed by atoms with Gasteiger partial charge in [-0.3, -0.25) is 5.01 Å². The molecule has 5 rings (SSSR count). The van der Waals surface area contributed by atoms with Crippen LogP contribution in [0.25, 0.3) is 5.65 Å². The molecule has 162 valence electrons. The molecule has 3 aromatic rings. The lowest BCUT2D eigenvalue weighted by Crippen LogP contribution is -2.59. The number of anilines is 1. The van der Waals surface area contributed by atoms with Gasteiger partial charge in [-0.05, 0) is 25.5 Å². The van der Waals surface area contributed by atoms with Crippen LogP contribution in [0.15, 0.2) is 41.9 Å². The number of amidine groups is 1. The van der Waals surface area contributed by atoms with Crippen LogP contribution in [0.3, 0.4) is 0 Å². The summed E-state index contributed by atoms with van der Waals surface area (Å²) < 4.78 is 1.72. The predicted molar refractivity (Wildman–Crippen MR) is 122 cm³/mol. The molecule has 2 aliphatic heterocycles. The molecule has 2 atom stereocenters. The van der Waals surface area contributed by atoms with E-state index in [-0.39, 0.29) is 12.1 Å². The summed E-state index contributed by atoms with van der Waals surface area (Å²) in [7, 11) is 0. The standard InChI is InChI=1S/C21H26ClN9/c1-3-16(27-19-21-24-9-12-30(21)26-13-25-19)20-28-17-6-4-5-15(22)18(17)14(2)31(20)29-10-7-23-8-11-29/h4-6,9,12-14,16,23H,3,7-8,10-11H2,1-2H3,(H,25,26,27)/t14?,16-/m0/s1. The Morgan fingerprint density at radius 2 is 2.10 bits per heavy atom. The Morgan fingerprint density at radius 1 is 1.26 bits per heavy atom. The predicted octanol–water partition coefficient (Wildman–Crippen LogP) is 2.90. The molecule has 9 nitrogen and oxygen atoms in total. The maximum absolute atomic E-state index is 6.61. The zero-order valence-electron chi connectivity index (χ0n) is 17.7. The van der Waals surface area contributed by atoms with E-state index < -0.39 is 0 Å². The first kappa shape index (κ1) is 20.2. The van der Waals surface area contributed by atoms with Crippen molar-refractivity contribution in [2.45, 2.75) is 32.4 Å². The summed E-state index contributed by atoms with van der Waals surface area (Å²) in [5.41, 5.74) is 2.69. The first-order valence-electron chi connectivity index (χ1n) is 10.7. The summed E-state index contributed by atoms with van der Waals surface area (Å²) in [5, 5.41) is 16.7. The minimum atomic E-state index is -0.0557. The van der Waals surface area contributed by atoms with Gasteiger partial charge in [0.15, 0.2) is 11.5 Å². The fourth-order valence-electron chi connectivity index (χ4n) is 4.40. The molecule has 1 unspecified atom stereocenters. The van der Waals surface area contributed by atoms with E-state index in [1.807, 2.05) is 24.4 Å². The molecule has 0 amide bonds. The van der Waals surface area contributed by atoms with E-state index in [1.165, 1.54) is 6.33 Å². The molecule has 2 aliphatic rings. The van der Waals surface area contributed by atoms with Gasteiger partial charge in [0.05, 0.1) is 17.8 Å². The highest BCUT2D eigenvalue weighted by atomic mass is 35.5. The van der Waals surface area contributed by atoms with Gasteiger partial charge in [0.2, 0.25) is 0 Å². The number of halogens is 1. The number of hydrogen-bond donors (Lipinski definition) is 2. The number of benzene rings is 1. The number of rotatable bonds is 5. The SMILES string of the molecule is CC[C@H](Nc1ncnn2ccnc12)C1=Nc2cccc(Cl)c2C(C)N1N1CCNCC1. The van der Waals surface area contributed by atoms with Gasteiger partial charge >= 0.3 is 0 Å². The number of hydrogen-bond acceptors (Lipinski definition) is 8. The van der Waals surface area contributed by atoms with Gasteiger partial charge in [0.1, 0.15) is 12.2 Å². The lowest BCUT2D eigenvalue weighted by Gasteiger charge is -2.47. The average Bonchev–Trinajstić information content (AvgIpc) is 3.27. The zero-order chi connectivity index (χ0) is 21.4. The summed E-state index contributed by atoms with van der Waals surface area (Å²) in [5.74, 6) is 1.66. The molecule has 2 aromatic heterocycles. The summed E-state index contributed by atoms with van der Waals surface area (Å²) in [6.45, 7) is 8.06. The number of nitrogens with zero attached hydrogens (tertiary/aromatic N) is 7. The second-order valence-corrected chi connectivity index (χ2v) is 8.18. The minimum absolute atomic E-state index is 0.0557. The smallest absolute Gasteiger partial charge is 0.196 e. The van der Waals surface area contributed by atoms with Gasteiger partial charge in [-0.25, -0.2) is 24.5 Å². The van der Waals surface area contributed by atoms with Crippen molar-refractivity contribution < 1.29 is 0 Å². The molecule has 1 fully saturated rings. The number of aliphatic imine (C=N–C) groups is 1. The number of imidazole rings is 1. The van der Waals surface area contributed by atoms with Crippen molar-refractivity contribution in [1.29, 1.82) is 0 Å². The van der Waals surface area contributed by atoms with Crippen molar-refractivity contribution in [3.63, 3.8) is 0 Å². The van der Waals surface area contributed by atoms with Crippen LogP contribution in [0, 0.1) is 0 Å². The van der Waals surface area contributed by atoms with Gasteiger partial charge < -0.3 is 10.6 Å². The van der Waals surface area contributed by atoms with Crippen molar-refractivity contribution in [2.75, 3.05) is 31.5 Å². The monoisotopic (exact) mass is 439 g/mol. The summed E-state index contributed by atoms with van der Waals surface area (Å²) >= 11 is 6.61. The summed E-state index contributed by atoms with van der Waals surface area (Å²) in [6.07, 6.45) is 5.91. The molecule has 4 heterocycles. The molecule has 0 spiro atoms. The van der Waals surface area contributed by atoms with E-state index in [4.69, 9.17) is 16.6 Å². The van der Waals surface area contributed by atoms with E-state index in [0.29, 0.717) is 11.5 Å². The van der Waals surface area contributed by atoms with Crippen LogP contribution in [0.4, 0.5) is 11.5 Å². The maximum atomic E-state index is 6.61. The number of fused-ring (bicyclic) bond motifs is 2. The highest BCUT2D eigenvalue weighted by Gasteiger charge is 2.36. The first-order valence-corrected chi connectivity index (χ1v) is 11.1. The van der Waals surface area contributed by atoms with Gasteiger partial charge in [-0.1, -0.05) is 24.6 Å². The third kappa shape index (κ3) is 3.62. The van der Waals surface area contributed by atoms with Gasteiger partial charge in [-0.15, -0.1) is 0 Å². The van der Waals surface area contributed by atoms with Crippen LogP contribution in [-0.2, 0) is 0 Å². The van der Waals surface area contributed by atoms with Crippen LogP contribution in [-0.4, -0.2) is 67.7 Å². The largest absolute Gasteiger partial charge is 0.357 e. The summed E-state index contributed by atoms with van der Waals surface area (Å²) in [4.78, 5) is 14.0. The number of aromatic nitrogens is 4. The Labute approximate surface area is 186 Å². The molecular weight excluding hydrogens is 414 g/mol. The third-order valence-electron chi connectivity index (χ3n) is 5.91. The first-order chi connectivity index (χ1) is 15.2. The highest BCUT2D eigenvalue weighted by Crippen LogP contribution is 2.41. The second-order valence-electron chi connectivity index (χ2n) is 7.78. The number of piperazine rings is 1. The highest BCUT2D eigenvalue weighted by molar-refractivity contribution is 6.32. The van der Waals surface area contributed by atoms with E-state index >= 15 is 0 Å². The Balaban J connectivity index is 1.57. The Kier molecular flexibility index (Phi) is 5.47. The molecule has 0 aliphatic carbocycles. The second kappa shape index (κ2) is 8.41. The Hall–Kier alpha value is -2.75. The third-order valence-corrected chi connectivity index (χ3v) is 6.24. The quantitative estimate of drug-likeness (QED) is 0.632. The number of hydrazine groups is 1. The molecule has 1 saturated heterocycles. The molecule has 1 aromatic carbocycles. The lowest BCUT2D eigenvalue weighted by molar-refractivity contribution is -0.00237. The van der Waals surface area contributed by atoms with Crippen LogP contribution >= 0.6 is 11.6 Å². The zero-order valence-corrected chi connectivity index (χ0v) is 18.4. The lowest BCUT2D eigenvalue weighted by atomic mass is 10.0. The van der Waals surface area contributed by atoms with E-state index in [0.717, 1.165) is 54.7 Å². The minimum Gasteiger partial charge on any atom is -0.357 e. The fourth-order valence-corrected chi connectivity index (χ4v) is 4.73. The van der Waals surface area contributed by atoms with Crippen LogP contribution in [0.5, 0.6) is 0 Å². The Morgan fingerprint density at radius 3 is 2.90 bits per heavy atom. The van der Waals surface area contributed by atoms with E-state index in [9.17, 15) is 0 Å². The van der Waals surface area contributed by atoms with Crippen LogP contribution in [0.2, 0.25) is 5.02 Å². The van der Waals surface area contributed by atoms with E-state index in [2.05, 4.69) is 49.6 Å². The van der Waals surface area contributed by atoms with Crippen molar-refractivity contribution in [3.8, 4) is 0 Å². The van der Waals surface area contributed by atoms with Crippen molar-refractivity contribution in [2.24, 2.45) is 4.99 Å². The van der Waals surface area contributed by atoms with E-state index in [1.54, 1.807) is 10.7 Å². The molecule has 0 radical (unpaired) electrons. The van der Waals surface area contributed by atoms with Gasteiger partial charge in [-0.2, -0.15) is 5.10 Å². The van der Waals surface area contributed by atoms with Crippen molar-refractivity contribution >= 4 is 34.6 Å². The fraction of sp³-hybridized carbons (Fsp3) is 0.429. The molecule has 31 heavy (non-hydrogen) atoms. The molecule has 2 N–H and O–H groups in total. The Bertz CT molecular complexity index is 1110. The number of nitrogens with one attached hydrogen (secondary N) is 2. The maximum Gasteiger partial charge on any atom is 0.196 e. The molecular formula is C21H26ClN9. The molecule has 0 bridgehead atoms. The van der Waals surface area contributed by atoms with Gasteiger partial charge in [0, 0.05) is 49.2 Å². The topological polar surface area (TPSA) is 86.0 Å². The van der Waals surface area contributed by atoms with Crippen molar-refractivity contribution in [3.05, 3.63) is 47.5 Å². The molecule has 0 saturated carbocycles. The van der Waals surface area contributed by atoms with Crippen LogP contribution in [0.1, 0.15) is 31.9 Å².